The van der Waals surface area contributed by atoms with Crippen LogP contribution in [0.25, 0.3) is 0 Å². The van der Waals surface area contributed by atoms with E-state index < -0.39 is 59.1 Å². The Morgan fingerprint density at radius 3 is 0.979 bits per heavy atom. The highest BCUT2D eigenvalue weighted by Crippen LogP contribution is 2.21. The summed E-state index contributed by atoms with van der Waals surface area (Å²) in [7, 11) is 0. The molecule has 16 heteroatoms. The van der Waals surface area contributed by atoms with Crippen molar-refractivity contribution in [1.29, 1.82) is 0 Å². The Morgan fingerprint density at radius 2 is 0.688 bits per heavy atom. The number of rotatable bonds is 8. The summed E-state index contributed by atoms with van der Waals surface area (Å²) in [5.41, 5.74) is 1.24. The van der Waals surface area contributed by atoms with Crippen LogP contribution >= 0.6 is 0 Å². The molecule has 4 aliphatic heterocycles. The van der Waals surface area contributed by atoms with Crippen LogP contribution < -0.4 is 20.4 Å². The van der Waals surface area contributed by atoms with Crippen LogP contribution in [-0.2, 0) is 38.4 Å². The maximum atomic E-state index is 12.3. The molecule has 2 aromatic carbocycles. The number of benzene rings is 2. The van der Waals surface area contributed by atoms with E-state index in [0.29, 0.717) is 11.4 Å². The van der Waals surface area contributed by atoms with Crippen molar-refractivity contribution >= 4 is 70.4 Å². The molecule has 0 unspecified atom stereocenters. The Hall–Kier alpha value is -7.10. The number of nitrogens with zero attached hydrogens (tertiary/aromatic N) is 4. The number of hydrogen-bond donors (Lipinski definition) is 2. The lowest BCUT2D eigenvalue weighted by atomic mass is 10.2. The van der Waals surface area contributed by atoms with Crippen LogP contribution in [0.5, 0.6) is 0 Å². The third-order valence-corrected chi connectivity index (χ3v) is 6.98. The fraction of sp³-hybridized carbons (Fsp3) is 0.0625. The zero-order valence-electron chi connectivity index (χ0n) is 24.5. The molecule has 16 nitrogen and oxygen atoms in total. The van der Waals surface area contributed by atoms with Crippen LogP contribution in [0.15, 0.2) is 97.1 Å². The van der Waals surface area contributed by atoms with Crippen molar-refractivity contribution in [2.45, 2.75) is 0 Å². The first-order chi connectivity index (χ1) is 22.9. The molecule has 6 rings (SSSR count). The molecule has 2 aromatic rings. The van der Waals surface area contributed by atoms with Gasteiger partial charge in [0.05, 0.1) is 18.0 Å². The molecule has 0 fully saturated rings. The van der Waals surface area contributed by atoms with Crippen molar-refractivity contribution in [3.8, 4) is 0 Å². The number of anilines is 2. The minimum absolute atomic E-state index is 0.152. The molecule has 4 aliphatic rings. The van der Waals surface area contributed by atoms with Crippen LogP contribution in [0.2, 0.25) is 0 Å². The number of carbonyl (C=O) groups excluding carboxylic acids is 10. The minimum atomic E-state index is -0.521. The van der Waals surface area contributed by atoms with Crippen molar-refractivity contribution in [1.82, 2.24) is 20.4 Å². The molecule has 0 saturated carbocycles. The largest absolute Gasteiger partial charge is 0.335 e. The van der Waals surface area contributed by atoms with Gasteiger partial charge in [0.25, 0.3) is 59.1 Å². The summed E-state index contributed by atoms with van der Waals surface area (Å²) in [5, 5.41) is 5.07. The highest BCUT2D eigenvalue weighted by molar-refractivity contribution is 6.29. The van der Waals surface area contributed by atoms with Crippen LogP contribution in [-0.4, -0.2) is 82.2 Å². The number of carbonyl (C=O) groups is 10. The molecule has 10 amide bonds. The molecular weight excluding hydrogens is 628 g/mol. The van der Waals surface area contributed by atoms with Crippen LogP contribution in [0.4, 0.5) is 11.4 Å². The van der Waals surface area contributed by atoms with Crippen molar-refractivity contribution in [2.24, 2.45) is 0 Å². The van der Waals surface area contributed by atoms with Gasteiger partial charge >= 0.3 is 0 Å². The van der Waals surface area contributed by atoms with E-state index in [4.69, 9.17) is 0 Å². The molecule has 240 valence electrons. The predicted molar refractivity (Wildman–Crippen MR) is 163 cm³/mol. The topological polar surface area (TPSA) is 208 Å². The van der Waals surface area contributed by atoms with Gasteiger partial charge in [-0.2, -0.15) is 0 Å². The smallest absolute Gasteiger partial charge is 0.258 e. The first-order valence-electron chi connectivity index (χ1n) is 13.9. The van der Waals surface area contributed by atoms with E-state index >= 15 is 0 Å². The van der Waals surface area contributed by atoms with E-state index in [1.807, 2.05) is 0 Å². The second-order valence-corrected chi connectivity index (χ2v) is 9.99. The fourth-order valence-electron chi connectivity index (χ4n) is 4.52. The van der Waals surface area contributed by atoms with Gasteiger partial charge < -0.3 is 10.6 Å². The van der Waals surface area contributed by atoms with Crippen molar-refractivity contribution < 1.29 is 47.9 Å². The van der Waals surface area contributed by atoms with Crippen LogP contribution in [0, 0.1) is 0 Å². The van der Waals surface area contributed by atoms with E-state index in [-0.39, 0.29) is 24.5 Å². The maximum absolute atomic E-state index is 12.3. The summed E-state index contributed by atoms with van der Waals surface area (Å²) >= 11 is 0. The Labute approximate surface area is 270 Å². The molecule has 4 heterocycles. The highest BCUT2D eigenvalue weighted by atomic mass is 16.2. The van der Waals surface area contributed by atoms with Crippen molar-refractivity contribution in [2.75, 3.05) is 23.1 Å². The first-order valence-corrected chi connectivity index (χ1v) is 13.9. The van der Waals surface area contributed by atoms with Crippen LogP contribution in [0.1, 0.15) is 20.7 Å². The third-order valence-electron chi connectivity index (χ3n) is 6.98. The summed E-state index contributed by atoms with van der Waals surface area (Å²) < 4.78 is 0. The normalized spacial score (nSPS) is 16.5. The van der Waals surface area contributed by atoms with Crippen LogP contribution in [0.3, 0.4) is 0 Å². The quantitative estimate of drug-likeness (QED) is 0.275. The first kappa shape index (κ1) is 32.3. The molecular formula is C32H22N6O10. The van der Waals surface area contributed by atoms with Gasteiger partial charge in [0.1, 0.15) is 6.67 Å². The summed E-state index contributed by atoms with van der Waals surface area (Å²) in [6.45, 7) is -0.476. The van der Waals surface area contributed by atoms with Gasteiger partial charge in [-0.05, 0) is 48.5 Å². The second-order valence-electron chi connectivity index (χ2n) is 9.99. The van der Waals surface area contributed by atoms with Crippen molar-refractivity contribution in [3.05, 3.63) is 108 Å². The zero-order valence-corrected chi connectivity index (χ0v) is 24.5. The number of amides is 10. The van der Waals surface area contributed by atoms with E-state index in [1.165, 1.54) is 72.8 Å². The maximum Gasteiger partial charge on any atom is 0.258 e. The lowest BCUT2D eigenvalue weighted by Gasteiger charge is -2.20. The van der Waals surface area contributed by atoms with E-state index in [1.54, 1.807) is 0 Å². The van der Waals surface area contributed by atoms with E-state index in [9.17, 15) is 47.9 Å². The number of hydrogen-bond acceptors (Lipinski definition) is 10. The summed E-state index contributed by atoms with van der Waals surface area (Å²) in [5.74, 6) is -4.83. The Kier molecular flexibility index (Phi) is 9.08. The molecule has 0 aliphatic carbocycles. The Morgan fingerprint density at radius 1 is 0.417 bits per heavy atom. The summed E-state index contributed by atoms with van der Waals surface area (Å²) in [6, 6.07) is 11.7. The van der Waals surface area contributed by atoms with Gasteiger partial charge in [-0.15, -0.1) is 0 Å². The monoisotopic (exact) mass is 650 g/mol. The van der Waals surface area contributed by atoms with Gasteiger partial charge in [-0.3, -0.25) is 57.7 Å². The zero-order chi connectivity index (χ0) is 34.5. The lowest BCUT2D eigenvalue weighted by molar-refractivity contribution is -0.145. The Bertz CT molecular complexity index is 1710. The molecule has 0 atom stereocenters. The molecule has 0 spiro atoms. The number of nitrogens with one attached hydrogen (secondary N) is 2. The van der Waals surface area contributed by atoms with Crippen molar-refractivity contribution in [3.63, 3.8) is 0 Å². The molecule has 0 saturated heterocycles. The molecule has 0 radical (unpaired) electrons. The standard InChI is InChI=1S/C23H16N4O6.C9H6N2O4/c28-18-9-10-19(29)26(18)16-5-1-14(2-6-16)22(32)24-13-25-23(33)15-3-7-17(8-4-15)27-20(30)11-12-21(27)31;12-6-1-2-7(13)10(6)5-11-8(14)3-4-9(11)15/h1-12H,13H2,(H,24,32)(H,25,33);1-4H,5H2. The summed E-state index contributed by atoms with van der Waals surface area (Å²) in [6.07, 6.45) is 9.07. The molecule has 48 heavy (non-hydrogen) atoms. The lowest BCUT2D eigenvalue weighted by Crippen LogP contribution is -2.44. The van der Waals surface area contributed by atoms with E-state index in [0.717, 1.165) is 43.9 Å². The average Bonchev–Trinajstić information content (AvgIpc) is 3.80. The van der Waals surface area contributed by atoms with Gasteiger partial charge in [0.15, 0.2) is 0 Å². The number of imide groups is 4. The van der Waals surface area contributed by atoms with Gasteiger partial charge in [-0.25, -0.2) is 9.80 Å². The Balaban J connectivity index is 0.000000250. The van der Waals surface area contributed by atoms with Gasteiger partial charge in [0, 0.05) is 59.7 Å². The van der Waals surface area contributed by atoms with Gasteiger partial charge in [-0.1, -0.05) is 0 Å². The SMILES string of the molecule is O=C(NCNC(=O)c1ccc(N2C(=O)C=CC2=O)cc1)c1ccc(N2C(=O)C=CC2=O)cc1.O=C1C=CC(=O)N1CN1C(=O)C=CC1=O. The molecule has 0 bridgehead atoms. The summed E-state index contributed by atoms with van der Waals surface area (Å²) in [4.78, 5) is 120. The predicted octanol–water partition coefficient (Wildman–Crippen LogP) is -0.543. The highest BCUT2D eigenvalue weighted by Gasteiger charge is 2.31. The van der Waals surface area contributed by atoms with E-state index in [2.05, 4.69) is 10.6 Å². The average molecular weight is 651 g/mol. The fourth-order valence-corrected chi connectivity index (χ4v) is 4.52. The second kappa shape index (κ2) is 13.5. The minimum Gasteiger partial charge on any atom is -0.335 e. The molecule has 0 aromatic heterocycles. The van der Waals surface area contributed by atoms with Gasteiger partial charge in [0.2, 0.25) is 0 Å². The molecule has 2 N–H and O–H groups in total. The third kappa shape index (κ3) is 6.76.